The number of rotatable bonds is 4. The van der Waals surface area contributed by atoms with Crippen molar-refractivity contribution in [2.75, 3.05) is 14.2 Å². The van der Waals surface area contributed by atoms with E-state index >= 15 is 0 Å². The van der Waals surface area contributed by atoms with Gasteiger partial charge < -0.3 is 9.47 Å². The van der Waals surface area contributed by atoms with Gasteiger partial charge in [-0.05, 0) is 30.9 Å². The van der Waals surface area contributed by atoms with Crippen molar-refractivity contribution in [2.24, 2.45) is 0 Å². The Labute approximate surface area is 105 Å². The summed E-state index contributed by atoms with van der Waals surface area (Å²) in [6, 6.07) is 1.95. The first-order valence-corrected chi connectivity index (χ1v) is 5.75. The summed E-state index contributed by atoms with van der Waals surface area (Å²) in [5.41, 5.74) is 3.04. The lowest BCUT2D eigenvalue weighted by molar-refractivity contribution is -0.400. The van der Waals surface area contributed by atoms with Crippen LogP contribution in [0.4, 0.5) is 0 Å². The van der Waals surface area contributed by atoms with Crippen LogP contribution >= 0.6 is 0 Å². The van der Waals surface area contributed by atoms with Crippen LogP contribution in [-0.2, 0) is 12.8 Å². The van der Waals surface area contributed by atoms with E-state index in [4.69, 9.17) is 9.47 Å². The van der Waals surface area contributed by atoms with Gasteiger partial charge in [-0.2, -0.15) is 0 Å². The highest BCUT2D eigenvalue weighted by molar-refractivity contribution is 5.67. The molecule has 2 rings (SSSR count). The molecule has 0 aromatic heterocycles. The van der Waals surface area contributed by atoms with Gasteiger partial charge in [-0.1, -0.05) is 0 Å². The number of hydrogen-bond acceptors (Lipinski definition) is 4. The Kier molecular flexibility index (Phi) is 3.50. The second kappa shape index (κ2) is 5.08. The average Bonchev–Trinajstić information content (AvgIpc) is 2.81. The number of methoxy groups -OCH3 is 2. The lowest BCUT2D eigenvalue weighted by atomic mass is 10.0. The van der Waals surface area contributed by atoms with E-state index < -0.39 is 4.92 Å². The summed E-state index contributed by atoms with van der Waals surface area (Å²) >= 11 is 0. The molecule has 0 atom stereocenters. The third-order valence-corrected chi connectivity index (χ3v) is 3.12. The summed E-state index contributed by atoms with van der Waals surface area (Å²) in [5.74, 6) is 1.27. The molecule has 1 aliphatic carbocycles. The van der Waals surface area contributed by atoms with E-state index in [0.29, 0.717) is 17.1 Å². The number of nitrogens with zero attached hydrogens (tertiary/aromatic N) is 1. The second-order valence-corrected chi connectivity index (χ2v) is 4.12. The van der Waals surface area contributed by atoms with Crippen molar-refractivity contribution in [3.63, 3.8) is 0 Å². The number of fused-ring (bicyclic) bond motifs is 1. The Morgan fingerprint density at radius 3 is 2.61 bits per heavy atom. The number of benzene rings is 1. The third kappa shape index (κ3) is 2.16. The fourth-order valence-corrected chi connectivity index (χ4v) is 2.40. The van der Waals surface area contributed by atoms with Crippen LogP contribution in [0.3, 0.4) is 0 Å². The Morgan fingerprint density at radius 2 is 2.00 bits per heavy atom. The Bertz CT molecular complexity index is 508. The molecule has 0 saturated heterocycles. The van der Waals surface area contributed by atoms with Crippen molar-refractivity contribution in [2.45, 2.75) is 19.3 Å². The summed E-state index contributed by atoms with van der Waals surface area (Å²) < 4.78 is 10.7. The van der Waals surface area contributed by atoms with E-state index in [0.717, 1.165) is 31.0 Å². The predicted octanol–water partition coefficient (Wildman–Crippen LogP) is 2.44. The molecule has 0 radical (unpaired) electrons. The van der Waals surface area contributed by atoms with Crippen molar-refractivity contribution in [1.29, 1.82) is 0 Å². The molecular weight excluding hydrogens is 234 g/mol. The smallest absolute Gasteiger partial charge is 0.235 e. The molecule has 1 aromatic carbocycles. The maximum absolute atomic E-state index is 10.4. The van der Waals surface area contributed by atoms with Gasteiger partial charge in [-0.15, -0.1) is 0 Å². The van der Waals surface area contributed by atoms with Crippen LogP contribution in [0.15, 0.2) is 12.3 Å². The van der Waals surface area contributed by atoms with Crippen LogP contribution in [0.5, 0.6) is 11.5 Å². The Balaban J connectivity index is 2.55. The van der Waals surface area contributed by atoms with Gasteiger partial charge in [0.25, 0.3) is 0 Å². The number of nitro groups is 1. The molecule has 1 aromatic rings. The quantitative estimate of drug-likeness (QED) is 0.607. The first-order valence-electron chi connectivity index (χ1n) is 5.75. The molecule has 0 fully saturated rings. The molecule has 0 saturated carbocycles. The van der Waals surface area contributed by atoms with Gasteiger partial charge in [-0.3, -0.25) is 10.1 Å². The highest BCUT2D eigenvalue weighted by Crippen LogP contribution is 2.41. The summed E-state index contributed by atoms with van der Waals surface area (Å²) in [7, 11) is 3.14. The van der Waals surface area contributed by atoms with Crippen molar-refractivity contribution in [3.05, 3.63) is 39.1 Å². The molecule has 0 N–H and O–H groups in total. The van der Waals surface area contributed by atoms with Crippen LogP contribution in [-0.4, -0.2) is 19.1 Å². The van der Waals surface area contributed by atoms with Gasteiger partial charge in [0.05, 0.1) is 19.1 Å². The zero-order valence-corrected chi connectivity index (χ0v) is 10.4. The minimum atomic E-state index is -0.487. The monoisotopic (exact) mass is 249 g/mol. The molecule has 18 heavy (non-hydrogen) atoms. The summed E-state index contributed by atoms with van der Waals surface area (Å²) in [6.07, 6.45) is 5.39. The number of aryl methyl sites for hydroxylation is 1. The van der Waals surface area contributed by atoms with E-state index in [9.17, 15) is 10.1 Å². The molecule has 0 aliphatic heterocycles. The summed E-state index contributed by atoms with van der Waals surface area (Å²) in [4.78, 5) is 9.92. The topological polar surface area (TPSA) is 61.6 Å². The number of ether oxygens (including phenoxy) is 2. The molecule has 96 valence electrons. The third-order valence-electron chi connectivity index (χ3n) is 3.12. The molecule has 0 spiro atoms. The van der Waals surface area contributed by atoms with Crippen molar-refractivity contribution in [3.8, 4) is 11.5 Å². The fraction of sp³-hybridized carbons (Fsp3) is 0.385. The van der Waals surface area contributed by atoms with Crippen LogP contribution in [0.2, 0.25) is 0 Å². The summed E-state index contributed by atoms with van der Waals surface area (Å²) in [6.45, 7) is 0. The van der Waals surface area contributed by atoms with Gasteiger partial charge in [0.15, 0.2) is 11.5 Å². The predicted molar refractivity (Wildman–Crippen MR) is 67.6 cm³/mol. The fourth-order valence-electron chi connectivity index (χ4n) is 2.40. The highest BCUT2D eigenvalue weighted by atomic mass is 16.6. The van der Waals surface area contributed by atoms with Crippen LogP contribution in [0, 0.1) is 10.1 Å². The Morgan fingerprint density at radius 1 is 1.28 bits per heavy atom. The van der Waals surface area contributed by atoms with Gasteiger partial charge in [0.1, 0.15) is 0 Å². The number of hydrogen-bond donors (Lipinski definition) is 0. The zero-order chi connectivity index (χ0) is 13.1. The minimum Gasteiger partial charge on any atom is -0.493 e. The molecule has 0 unspecified atom stereocenters. The lowest BCUT2D eigenvalue weighted by Gasteiger charge is -2.14. The maximum Gasteiger partial charge on any atom is 0.235 e. The van der Waals surface area contributed by atoms with Gasteiger partial charge >= 0.3 is 0 Å². The molecule has 0 bridgehead atoms. The maximum atomic E-state index is 10.4. The normalized spacial score (nSPS) is 13.7. The van der Waals surface area contributed by atoms with Crippen molar-refractivity contribution in [1.82, 2.24) is 0 Å². The minimum absolute atomic E-state index is 0.487. The second-order valence-electron chi connectivity index (χ2n) is 4.12. The zero-order valence-electron chi connectivity index (χ0n) is 10.4. The molecule has 0 heterocycles. The van der Waals surface area contributed by atoms with Crippen LogP contribution in [0.1, 0.15) is 23.1 Å². The van der Waals surface area contributed by atoms with Gasteiger partial charge in [0, 0.05) is 17.2 Å². The van der Waals surface area contributed by atoms with Crippen molar-refractivity contribution >= 4 is 6.08 Å². The van der Waals surface area contributed by atoms with Gasteiger partial charge in [-0.25, -0.2) is 0 Å². The van der Waals surface area contributed by atoms with Crippen molar-refractivity contribution < 1.29 is 14.4 Å². The average molecular weight is 249 g/mol. The van der Waals surface area contributed by atoms with E-state index in [2.05, 4.69) is 0 Å². The van der Waals surface area contributed by atoms with E-state index in [-0.39, 0.29) is 0 Å². The molecule has 1 aliphatic rings. The highest BCUT2D eigenvalue weighted by Gasteiger charge is 2.22. The van der Waals surface area contributed by atoms with E-state index in [1.807, 2.05) is 6.07 Å². The lowest BCUT2D eigenvalue weighted by Crippen LogP contribution is -1.98. The summed E-state index contributed by atoms with van der Waals surface area (Å²) in [5, 5.41) is 10.4. The van der Waals surface area contributed by atoms with E-state index in [1.165, 1.54) is 11.6 Å². The SMILES string of the molecule is COc1c(/C=C/[N+](=O)[O-])cc2c(c1OC)CCC2. The molecule has 5 nitrogen and oxygen atoms in total. The molecule has 5 heteroatoms. The van der Waals surface area contributed by atoms with Crippen LogP contribution < -0.4 is 9.47 Å². The first-order chi connectivity index (χ1) is 8.67. The largest absolute Gasteiger partial charge is 0.493 e. The van der Waals surface area contributed by atoms with Gasteiger partial charge in [0.2, 0.25) is 6.20 Å². The Hall–Kier alpha value is -2.04. The molecular formula is C13H15NO4. The standard InChI is InChI=1S/C13H15NO4/c1-17-12-10(6-7-14(15)16)8-9-4-3-5-11(9)13(12)18-2/h6-8H,3-5H2,1-2H3/b7-6+. The molecule has 0 amide bonds. The first kappa shape index (κ1) is 12.4. The van der Waals surface area contributed by atoms with E-state index in [1.54, 1.807) is 14.2 Å². The van der Waals surface area contributed by atoms with Crippen LogP contribution in [0.25, 0.3) is 6.08 Å².